The van der Waals surface area contributed by atoms with Crippen LogP contribution in [0.25, 0.3) is 0 Å². The van der Waals surface area contributed by atoms with Crippen molar-refractivity contribution in [2.75, 3.05) is 11.9 Å². The molecule has 11 nitrogen and oxygen atoms in total. The SMILES string of the molecule is CC(=O)N[C@H](c1cn([C@@H](CCCNC(N)=O)C(=O)Nc2ccc(CO)cc2)nn1)C(C)C. The summed E-state index contributed by atoms with van der Waals surface area (Å²) >= 11 is 0. The van der Waals surface area contributed by atoms with E-state index >= 15 is 0 Å². The first kappa shape index (κ1) is 24.8. The summed E-state index contributed by atoms with van der Waals surface area (Å²) in [5.41, 5.74) is 6.96. The number of benzene rings is 1. The Balaban J connectivity index is 2.21. The lowest BCUT2D eigenvalue weighted by Crippen LogP contribution is -2.32. The predicted octanol–water partition coefficient (Wildman–Crippen LogP) is 1.23. The van der Waals surface area contributed by atoms with Gasteiger partial charge in [-0.05, 0) is 36.5 Å². The molecule has 0 saturated carbocycles. The van der Waals surface area contributed by atoms with Crippen LogP contribution in [0, 0.1) is 5.92 Å². The summed E-state index contributed by atoms with van der Waals surface area (Å²) in [5.74, 6) is -0.421. The second-order valence-electron chi connectivity index (χ2n) is 7.84. The van der Waals surface area contributed by atoms with Crippen molar-refractivity contribution in [3.63, 3.8) is 0 Å². The summed E-state index contributed by atoms with van der Waals surface area (Å²) in [6, 6.07) is 5.17. The van der Waals surface area contributed by atoms with Gasteiger partial charge in [-0.25, -0.2) is 9.48 Å². The van der Waals surface area contributed by atoms with E-state index in [0.717, 1.165) is 5.56 Å². The smallest absolute Gasteiger partial charge is 0.312 e. The van der Waals surface area contributed by atoms with Gasteiger partial charge in [-0.3, -0.25) is 9.59 Å². The first-order valence-corrected chi connectivity index (χ1v) is 10.4. The number of hydrogen-bond donors (Lipinski definition) is 5. The number of nitrogens with zero attached hydrogens (tertiary/aromatic N) is 3. The summed E-state index contributed by atoms with van der Waals surface area (Å²) < 4.78 is 1.47. The van der Waals surface area contributed by atoms with Gasteiger partial charge in [0.2, 0.25) is 11.8 Å². The Morgan fingerprint density at radius 1 is 1.19 bits per heavy atom. The first-order valence-electron chi connectivity index (χ1n) is 10.4. The van der Waals surface area contributed by atoms with Crippen molar-refractivity contribution in [2.24, 2.45) is 11.7 Å². The molecule has 0 aliphatic rings. The van der Waals surface area contributed by atoms with Crippen molar-refractivity contribution in [3.8, 4) is 0 Å². The number of aliphatic hydroxyl groups is 1. The average Bonchev–Trinajstić information content (AvgIpc) is 3.21. The highest BCUT2D eigenvalue weighted by Gasteiger charge is 2.25. The van der Waals surface area contributed by atoms with Crippen LogP contribution in [0.5, 0.6) is 0 Å². The topological polar surface area (TPSA) is 164 Å². The molecule has 11 heteroatoms. The molecule has 4 amide bonds. The fourth-order valence-corrected chi connectivity index (χ4v) is 3.20. The van der Waals surface area contributed by atoms with Gasteiger partial charge in [0.15, 0.2) is 0 Å². The van der Waals surface area contributed by atoms with Crippen LogP contribution in [0.3, 0.4) is 0 Å². The lowest BCUT2D eigenvalue weighted by Gasteiger charge is -2.19. The number of aliphatic hydroxyl groups excluding tert-OH is 1. The molecule has 32 heavy (non-hydrogen) atoms. The van der Waals surface area contributed by atoms with E-state index in [1.807, 2.05) is 13.8 Å². The Morgan fingerprint density at radius 3 is 2.44 bits per heavy atom. The normalized spacial score (nSPS) is 12.8. The van der Waals surface area contributed by atoms with Crippen molar-refractivity contribution in [2.45, 2.75) is 52.3 Å². The zero-order chi connectivity index (χ0) is 23.7. The molecule has 2 atom stereocenters. The van der Waals surface area contributed by atoms with Crippen molar-refractivity contribution in [1.29, 1.82) is 0 Å². The Hall–Kier alpha value is -3.47. The van der Waals surface area contributed by atoms with Gasteiger partial charge >= 0.3 is 6.03 Å². The minimum atomic E-state index is -0.700. The third-order valence-corrected chi connectivity index (χ3v) is 4.85. The number of carbonyl (C=O) groups excluding carboxylic acids is 3. The average molecular weight is 446 g/mol. The zero-order valence-corrected chi connectivity index (χ0v) is 18.5. The number of nitrogens with two attached hydrogens (primary N) is 1. The van der Waals surface area contributed by atoms with E-state index < -0.39 is 12.1 Å². The van der Waals surface area contributed by atoms with E-state index in [1.54, 1.807) is 30.5 Å². The van der Waals surface area contributed by atoms with Crippen molar-refractivity contribution >= 4 is 23.5 Å². The van der Waals surface area contributed by atoms with Crippen LogP contribution in [0.15, 0.2) is 30.5 Å². The molecule has 0 aliphatic heterocycles. The second-order valence-corrected chi connectivity index (χ2v) is 7.84. The predicted molar refractivity (Wildman–Crippen MR) is 118 cm³/mol. The van der Waals surface area contributed by atoms with Crippen LogP contribution in [0.2, 0.25) is 0 Å². The molecule has 0 spiro atoms. The number of amides is 4. The first-order chi connectivity index (χ1) is 15.2. The molecule has 6 N–H and O–H groups in total. The quantitative estimate of drug-likeness (QED) is 0.326. The summed E-state index contributed by atoms with van der Waals surface area (Å²) in [6.07, 6.45) is 2.51. The number of urea groups is 1. The number of carbonyl (C=O) groups is 3. The molecular formula is C21H31N7O4. The van der Waals surface area contributed by atoms with E-state index in [2.05, 4.69) is 26.3 Å². The number of anilines is 1. The molecule has 0 aliphatic carbocycles. The van der Waals surface area contributed by atoms with E-state index in [0.29, 0.717) is 30.8 Å². The van der Waals surface area contributed by atoms with Crippen LogP contribution in [0.4, 0.5) is 10.5 Å². The van der Waals surface area contributed by atoms with Gasteiger partial charge in [0.05, 0.1) is 18.8 Å². The molecule has 0 saturated heterocycles. The molecule has 174 valence electrons. The van der Waals surface area contributed by atoms with Gasteiger partial charge < -0.3 is 26.8 Å². The lowest BCUT2D eigenvalue weighted by atomic mass is 10.0. The molecule has 0 radical (unpaired) electrons. The Kier molecular flexibility index (Phi) is 9.14. The number of aromatic nitrogens is 3. The van der Waals surface area contributed by atoms with Crippen LogP contribution < -0.4 is 21.7 Å². The monoisotopic (exact) mass is 445 g/mol. The van der Waals surface area contributed by atoms with Gasteiger partial charge in [0.25, 0.3) is 0 Å². The maximum Gasteiger partial charge on any atom is 0.312 e. The fourth-order valence-electron chi connectivity index (χ4n) is 3.20. The Morgan fingerprint density at radius 2 is 1.88 bits per heavy atom. The maximum absolute atomic E-state index is 13.1. The molecule has 2 rings (SSSR count). The molecule has 0 bridgehead atoms. The molecule has 0 fully saturated rings. The van der Waals surface area contributed by atoms with E-state index in [9.17, 15) is 19.5 Å². The third-order valence-electron chi connectivity index (χ3n) is 4.85. The van der Waals surface area contributed by atoms with Crippen molar-refractivity contribution < 1.29 is 19.5 Å². The summed E-state index contributed by atoms with van der Waals surface area (Å²) in [4.78, 5) is 35.5. The highest BCUT2D eigenvalue weighted by molar-refractivity contribution is 5.93. The van der Waals surface area contributed by atoms with Crippen LogP contribution in [0.1, 0.15) is 57.0 Å². The summed E-state index contributed by atoms with van der Waals surface area (Å²) in [6.45, 7) is 5.57. The number of nitrogens with one attached hydrogen (secondary N) is 3. The second kappa shape index (κ2) is 11.8. The van der Waals surface area contributed by atoms with Crippen molar-refractivity contribution in [3.05, 3.63) is 41.7 Å². The molecule has 2 aromatic rings. The number of primary amides is 1. The van der Waals surface area contributed by atoms with Crippen LogP contribution >= 0.6 is 0 Å². The van der Waals surface area contributed by atoms with Crippen molar-refractivity contribution in [1.82, 2.24) is 25.6 Å². The van der Waals surface area contributed by atoms with Gasteiger partial charge in [0.1, 0.15) is 11.7 Å². The van der Waals surface area contributed by atoms with Gasteiger partial charge in [-0.2, -0.15) is 0 Å². The van der Waals surface area contributed by atoms with Gasteiger partial charge in [-0.1, -0.05) is 31.2 Å². The largest absolute Gasteiger partial charge is 0.392 e. The minimum Gasteiger partial charge on any atom is -0.392 e. The number of rotatable bonds is 11. The zero-order valence-electron chi connectivity index (χ0n) is 18.5. The summed E-state index contributed by atoms with van der Waals surface area (Å²) in [7, 11) is 0. The van der Waals surface area contributed by atoms with Gasteiger partial charge in [-0.15, -0.1) is 5.10 Å². The van der Waals surface area contributed by atoms with Gasteiger partial charge in [0, 0.05) is 19.2 Å². The van der Waals surface area contributed by atoms with E-state index in [-0.39, 0.29) is 30.4 Å². The Bertz CT molecular complexity index is 911. The summed E-state index contributed by atoms with van der Waals surface area (Å²) in [5, 5.41) is 25.7. The van der Waals surface area contributed by atoms with E-state index in [1.165, 1.54) is 11.6 Å². The molecular weight excluding hydrogens is 414 g/mol. The van der Waals surface area contributed by atoms with Crippen LogP contribution in [-0.2, 0) is 16.2 Å². The molecule has 1 aromatic heterocycles. The Labute approximate surface area is 186 Å². The fraction of sp³-hybridized carbons (Fsp3) is 0.476. The van der Waals surface area contributed by atoms with E-state index in [4.69, 9.17) is 5.73 Å². The van der Waals surface area contributed by atoms with Crippen LogP contribution in [-0.4, -0.2) is 44.5 Å². The molecule has 0 unspecified atom stereocenters. The highest BCUT2D eigenvalue weighted by Crippen LogP contribution is 2.22. The molecule has 1 aromatic carbocycles. The lowest BCUT2D eigenvalue weighted by molar-refractivity contribution is -0.120. The standard InChI is InChI=1S/C21H31N7O4/c1-13(2)19(24-14(3)30)17-11-28(27-26-17)18(5-4-10-23-21(22)32)20(31)25-16-8-6-15(12-29)7-9-16/h6-9,11,13,18-19,29H,4-5,10,12H2,1-3H3,(H,24,30)(H,25,31)(H3,22,23,32)/t18-,19-/m0/s1. The maximum atomic E-state index is 13.1. The highest BCUT2D eigenvalue weighted by atomic mass is 16.3. The number of hydrogen-bond acceptors (Lipinski definition) is 6. The minimum absolute atomic E-state index is 0.0705. The third kappa shape index (κ3) is 7.34. The molecule has 1 heterocycles.